The van der Waals surface area contributed by atoms with Gasteiger partial charge in [0.2, 0.25) is 0 Å². The Kier molecular flexibility index (Phi) is 2.61. The molecule has 2 heterocycles. The standard InChI is InChI=1S/C12H13ClN4/c13-9-3-1-8(2-4-9)12-16-15-11-6-5-10(14)7-17(11)12/h1-4,10H,5-7,14H2. The first-order valence-electron chi connectivity index (χ1n) is 5.67. The van der Waals surface area contributed by atoms with Crippen LogP contribution in [0.2, 0.25) is 5.02 Å². The van der Waals surface area contributed by atoms with Gasteiger partial charge < -0.3 is 10.3 Å². The van der Waals surface area contributed by atoms with Gasteiger partial charge in [-0.3, -0.25) is 0 Å². The first-order valence-corrected chi connectivity index (χ1v) is 6.05. The Morgan fingerprint density at radius 1 is 1.24 bits per heavy atom. The molecule has 0 saturated carbocycles. The van der Waals surface area contributed by atoms with E-state index in [2.05, 4.69) is 14.8 Å². The summed E-state index contributed by atoms with van der Waals surface area (Å²) in [5.74, 6) is 1.91. The molecule has 4 nitrogen and oxygen atoms in total. The average molecular weight is 249 g/mol. The quantitative estimate of drug-likeness (QED) is 0.838. The maximum atomic E-state index is 5.98. The second kappa shape index (κ2) is 4.13. The fourth-order valence-electron chi connectivity index (χ4n) is 2.16. The zero-order chi connectivity index (χ0) is 11.8. The lowest BCUT2D eigenvalue weighted by atomic mass is 10.1. The zero-order valence-corrected chi connectivity index (χ0v) is 10.1. The summed E-state index contributed by atoms with van der Waals surface area (Å²) in [6.07, 6.45) is 1.89. The lowest BCUT2D eigenvalue weighted by molar-refractivity contribution is 0.456. The maximum absolute atomic E-state index is 5.98. The van der Waals surface area contributed by atoms with Gasteiger partial charge in [-0.25, -0.2) is 0 Å². The van der Waals surface area contributed by atoms with Crippen LogP contribution >= 0.6 is 11.6 Å². The molecular weight excluding hydrogens is 236 g/mol. The molecule has 0 bridgehead atoms. The highest BCUT2D eigenvalue weighted by Gasteiger charge is 2.20. The van der Waals surface area contributed by atoms with E-state index in [1.165, 1.54) is 0 Å². The normalized spacial score (nSPS) is 19.1. The number of hydrogen-bond acceptors (Lipinski definition) is 3. The van der Waals surface area contributed by atoms with Gasteiger partial charge in [0, 0.05) is 29.6 Å². The smallest absolute Gasteiger partial charge is 0.164 e. The maximum Gasteiger partial charge on any atom is 0.164 e. The highest BCUT2D eigenvalue weighted by atomic mass is 35.5. The molecule has 0 aliphatic carbocycles. The van der Waals surface area contributed by atoms with Crippen molar-refractivity contribution in [2.24, 2.45) is 5.73 Å². The van der Waals surface area contributed by atoms with E-state index in [1.54, 1.807) is 0 Å². The van der Waals surface area contributed by atoms with Crippen LogP contribution in [0.4, 0.5) is 0 Å². The Bertz CT molecular complexity index is 532. The SMILES string of the molecule is NC1CCc2nnc(-c3ccc(Cl)cc3)n2C1. The number of aryl methyl sites for hydroxylation is 1. The van der Waals surface area contributed by atoms with E-state index in [0.717, 1.165) is 41.6 Å². The minimum atomic E-state index is 0.199. The number of rotatable bonds is 1. The van der Waals surface area contributed by atoms with E-state index in [-0.39, 0.29) is 6.04 Å². The summed E-state index contributed by atoms with van der Waals surface area (Å²) in [6.45, 7) is 0.792. The largest absolute Gasteiger partial charge is 0.326 e. The molecule has 17 heavy (non-hydrogen) atoms. The van der Waals surface area contributed by atoms with Crippen LogP contribution in [0.15, 0.2) is 24.3 Å². The third kappa shape index (κ3) is 1.94. The van der Waals surface area contributed by atoms with Crippen LogP contribution in [0.5, 0.6) is 0 Å². The molecule has 0 spiro atoms. The third-order valence-corrected chi connectivity index (χ3v) is 3.34. The van der Waals surface area contributed by atoms with Gasteiger partial charge in [-0.15, -0.1) is 10.2 Å². The van der Waals surface area contributed by atoms with Crippen LogP contribution in [0.3, 0.4) is 0 Å². The highest BCUT2D eigenvalue weighted by molar-refractivity contribution is 6.30. The molecule has 0 fully saturated rings. The summed E-state index contributed by atoms with van der Waals surface area (Å²) < 4.78 is 2.11. The Morgan fingerprint density at radius 3 is 2.76 bits per heavy atom. The molecule has 2 N–H and O–H groups in total. The summed E-state index contributed by atoms with van der Waals surface area (Å²) >= 11 is 5.88. The minimum Gasteiger partial charge on any atom is -0.326 e. The average Bonchev–Trinajstić information content (AvgIpc) is 2.73. The van der Waals surface area contributed by atoms with Crippen molar-refractivity contribution in [2.75, 3.05) is 0 Å². The summed E-state index contributed by atoms with van der Waals surface area (Å²) in [4.78, 5) is 0. The Balaban J connectivity index is 2.04. The van der Waals surface area contributed by atoms with Gasteiger partial charge in [-0.1, -0.05) is 11.6 Å². The lowest BCUT2D eigenvalue weighted by Crippen LogP contribution is -2.32. The van der Waals surface area contributed by atoms with E-state index in [9.17, 15) is 0 Å². The number of aromatic nitrogens is 3. The van der Waals surface area contributed by atoms with Gasteiger partial charge in [0.25, 0.3) is 0 Å². The van der Waals surface area contributed by atoms with Crippen LogP contribution in [-0.2, 0) is 13.0 Å². The number of fused-ring (bicyclic) bond motifs is 1. The van der Waals surface area contributed by atoms with Gasteiger partial charge in [-0.05, 0) is 30.7 Å². The fourth-order valence-corrected chi connectivity index (χ4v) is 2.29. The molecule has 1 aliphatic heterocycles. The van der Waals surface area contributed by atoms with Crippen LogP contribution in [0.1, 0.15) is 12.2 Å². The molecule has 0 saturated heterocycles. The molecule has 1 atom stereocenters. The second-order valence-corrected chi connectivity index (χ2v) is 4.79. The van der Waals surface area contributed by atoms with Crippen molar-refractivity contribution in [1.29, 1.82) is 0 Å². The van der Waals surface area contributed by atoms with E-state index in [4.69, 9.17) is 17.3 Å². The molecule has 5 heteroatoms. The van der Waals surface area contributed by atoms with E-state index in [0.29, 0.717) is 0 Å². The van der Waals surface area contributed by atoms with Gasteiger partial charge in [0.05, 0.1) is 0 Å². The molecule has 2 aromatic rings. The third-order valence-electron chi connectivity index (χ3n) is 3.09. The van der Waals surface area contributed by atoms with Crippen LogP contribution in [0, 0.1) is 0 Å². The molecular formula is C12H13ClN4. The van der Waals surface area contributed by atoms with Gasteiger partial charge >= 0.3 is 0 Å². The van der Waals surface area contributed by atoms with Crippen LogP contribution < -0.4 is 5.73 Å². The number of halogens is 1. The lowest BCUT2D eigenvalue weighted by Gasteiger charge is -2.20. The van der Waals surface area contributed by atoms with E-state index in [1.807, 2.05) is 24.3 Å². The van der Waals surface area contributed by atoms with Crippen molar-refractivity contribution in [2.45, 2.75) is 25.4 Å². The predicted molar refractivity (Wildman–Crippen MR) is 66.8 cm³/mol. The van der Waals surface area contributed by atoms with Gasteiger partial charge in [0.15, 0.2) is 5.82 Å². The van der Waals surface area contributed by atoms with Crippen molar-refractivity contribution in [1.82, 2.24) is 14.8 Å². The Hall–Kier alpha value is -1.39. The number of benzene rings is 1. The Labute approximate surface area is 104 Å². The van der Waals surface area contributed by atoms with Crippen molar-refractivity contribution in [3.63, 3.8) is 0 Å². The van der Waals surface area contributed by atoms with Gasteiger partial charge in [0.1, 0.15) is 5.82 Å². The highest BCUT2D eigenvalue weighted by Crippen LogP contribution is 2.23. The minimum absolute atomic E-state index is 0.199. The summed E-state index contributed by atoms with van der Waals surface area (Å²) in [5, 5.41) is 9.19. The van der Waals surface area contributed by atoms with E-state index < -0.39 is 0 Å². The van der Waals surface area contributed by atoms with Crippen molar-refractivity contribution < 1.29 is 0 Å². The predicted octanol–water partition coefficient (Wildman–Crippen LogP) is 1.87. The first kappa shape index (κ1) is 10.7. The molecule has 3 rings (SSSR count). The molecule has 0 amide bonds. The first-order chi connectivity index (χ1) is 8.24. The van der Waals surface area contributed by atoms with Crippen molar-refractivity contribution in [3.05, 3.63) is 35.1 Å². The monoisotopic (exact) mass is 248 g/mol. The molecule has 1 aromatic heterocycles. The van der Waals surface area contributed by atoms with E-state index >= 15 is 0 Å². The molecule has 1 aromatic carbocycles. The van der Waals surface area contributed by atoms with Crippen LogP contribution in [-0.4, -0.2) is 20.8 Å². The zero-order valence-electron chi connectivity index (χ0n) is 9.31. The number of nitrogens with two attached hydrogens (primary N) is 1. The van der Waals surface area contributed by atoms with Gasteiger partial charge in [-0.2, -0.15) is 0 Å². The summed E-state index contributed by atoms with van der Waals surface area (Å²) in [7, 11) is 0. The Morgan fingerprint density at radius 2 is 2.00 bits per heavy atom. The topological polar surface area (TPSA) is 56.7 Å². The molecule has 88 valence electrons. The molecule has 1 unspecified atom stereocenters. The summed E-state index contributed by atoms with van der Waals surface area (Å²) in [5.41, 5.74) is 7.01. The number of nitrogens with zero attached hydrogens (tertiary/aromatic N) is 3. The van der Waals surface area contributed by atoms with Crippen molar-refractivity contribution >= 4 is 11.6 Å². The fraction of sp³-hybridized carbons (Fsp3) is 0.333. The molecule has 1 aliphatic rings. The summed E-state index contributed by atoms with van der Waals surface area (Å²) in [6, 6.07) is 7.84. The van der Waals surface area contributed by atoms with Crippen LogP contribution in [0.25, 0.3) is 11.4 Å². The second-order valence-electron chi connectivity index (χ2n) is 4.36. The molecule has 0 radical (unpaired) electrons. The van der Waals surface area contributed by atoms with Crippen molar-refractivity contribution in [3.8, 4) is 11.4 Å². The number of hydrogen-bond donors (Lipinski definition) is 1.